The molecule has 1 saturated heterocycles. The Labute approximate surface area is 133 Å². The highest BCUT2D eigenvalue weighted by Crippen LogP contribution is 2.30. The van der Waals surface area contributed by atoms with Crippen LogP contribution in [0.4, 0.5) is 0 Å². The molecule has 1 N–H and O–H groups in total. The molecule has 3 nitrogen and oxygen atoms in total. The Bertz CT molecular complexity index is 757. The van der Waals surface area contributed by atoms with Crippen LogP contribution in [-0.4, -0.2) is 28.9 Å². The number of carbonyl (C=O) groups excluding carboxylic acids is 1. The molecule has 1 aliphatic heterocycles. The predicted molar refractivity (Wildman–Crippen MR) is 90.5 cm³/mol. The third-order valence-electron chi connectivity index (χ3n) is 4.43. The second kappa shape index (κ2) is 5.61. The summed E-state index contributed by atoms with van der Waals surface area (Å²) in [5, 5.41) is 3.21. The summed E-state index contributed by atoms with van der Waals surface area (Å²) in [6, 6.07) is 14.4. The molecule has 3 heterocycles. The molecule has 1 aromatic carbocycles. The minimum atomic E-state index is 0.177. The van der Waals surface area contributed by atoms with Crippen LogP contribution in [0.3, 0.4) is 0 Å². The van der Waals surface area contributed by atoms with Gasteiger partial charge in [0.2, 0.25) is 0 Å². The van der Waals surface area contributed by atoms with Crippen molar-refractivity contribution in [1.82, 2.24) is 9.88 Å². The molecule has 0 saturated carbocycles. The van der Waals surface area contributed by atoms with Crippen LogP contribution in [0.15, 0.2) is 47.8 Å². The predicted octanol–water partition coefficient (Wildman–Crippen LogP) is 4.25. The van der Waals surface area contributed by atoms with Crippen molar-refractivity contribution in [1.29, 1.82) is 0 Å². The molecule has 112 valence electrons. The first-order valence-corrected chi connectivity index (χ1v) is 8.59. The lowest BCUT2D eigenvalue weighted by atomic mass is 9.94. The normalized spacial score (nSPS) is 18.7. The molecule has 22 heavy (non-hydrogen) atoms. The topological polar surface area (TPSA) is 36.1 Å². The minimum absolute atomic E-state index is 0.177. The van der Waals surface area contributed by atoms with E-state index in [0.717, 1.165) is 30.8 Å². The number of piperidine rings is 1. The fraction of sp³-hybridized carbons (Fsp3) is 0.278. The summed E-state index contributed by atoms with van der Waals surface area (Å²) in [4.78, 5) is 18.9. The molecule has 0 bridgehead atoms. The zero-order valence-corrected chi connectivity index (χ0v) is 13.1. The zero-order valence-electron chi connectivity index (χ0n) is 12.3. The van der Waals surface area contributed by atoms with E-state index >= 15 is 0 Å². The highest BCUT2D eigenvalue weighted by Gasteiger charge is 2.26. The Morgan fingerprint density at radius 3 is 2.95 bits per heavy atom. The number of fused-ring (bicyclic) bond motifs is 1. The number of rotatable bonds is 2. The first-order chi connectivity index (χ1) is 10.8. The van der Waals surface area contributed by atoms with Crippen molar-refractivity contribution in [2.24, 2.45) is 0 Å². The van der Waals surface area contributed by atoms with E-state index < -0.39 is 0 Å². The van der Waals surface area contributed by atoms with Gasteiger partial charge in [0.1, 0.15) is 0 Å². The highest BCUT2D eigenvalue weighted by molar-refractivity contribution is 7.12. The van der Waals surface area contributed by atoms with Crippen molar-refractivity contribution < 1.29 is 4.79 Å². The SMILES string of the molecule is O=C(c1cccs1)N1CCCC(c2cc3ccccc3[nH]2)C1. The van der Waals surface area contributed by atoms with E-state index in [0.29, 0.717) is 5.92 Å². The van der Waals surface area contributed by atoms with Gasteiger partial charge in [-0.25, -0.2) is 0 Å². The van der Waals surface area contributed by atoms with Gasteiger partial charge in [-0.05, 0) is 41.8 Å². The molecule has 4 rings (SSSR count). The van der Waals surface area contributed by atoms with Crippen molar-refractivity contribution in [3.05, 3.63) is 58.4 Å². The molecular formula is C18H18N2OS. The number of H-pyrrole nitrogens is 1. The fourth-order valence-corrected chi connectivity index (χ4v) is 3.98. The summed E-state index contributed by atoms with van der Waals surface area (Å²) < 4.78 is 0. The first kappa shape index (κ1) is 13.6. The number of hydrogen-bond acceptors (Lipinski definition) is 2. The molecular weight excluding hydrogens is 292 g/mol. The van der Waals surface area contributed by atoms with Gasteiger partial charge in [-0.1, -0.05) is 24.3 Å². The number of likely N-dealkylation sites (tertiary alicyclic amines) is 1. The number of para-hydroxylation sites is 1. The lowest BCUT2D eigenvalue weighted by Gasteiger charge is -2.32. The average Bonchev–Trinajstić information content (AvgIpc) is 3.23. The maximum Gasteiger partial charge on any atom is 0.263 e. The summed E-state index contributed by atoms with van der Waals surface area (Å²) in [5.74, 6) is 0.584. The van der Waals surface area contributed by atoms with Crippen LogP contribution >= 0.6 is 11.3 Å². The third-order valence-corrected chi connectivity index (χ3v) is 5.29. The van der Waals surface area contributed by atoms with Crippen LogP contribution in [0, 0.1) is 0 Å². The lowest BCUT2D eigenvalue weighted by molar-refractivity contribution is 0.0711. The van der Waals surface area contributed by atoms with Gasteiger partial charge in [-0.3, -0.25) is 4.79 Å². The maximum atomic E-state index is 12.5. The highest BCUT2D eigenvalue weighted by atomic mass is 32.1. The Morgan fingerprint density at radius 2 is 2.14 bits per heavy atom. The summed E-state index contributed by atoms with van der Waals surface area (Å²) in [6.45, 7) is 1.68. The molecule has 3 aromatic rings. The maximum absolute atomic E-state index is 12.5. The standard InChI is InChI=1S/C18H18N2OS/c21-18(17-8-4-10-22-17)20-9-3-6-14(12-20)16-11-13-5-1-2-7-15(13)19-16/h1-2,4-5,7-8,10-11,14,19H,3,6,9,12H2. The van der Waals surface area contributed by atoms with Gasteiger partial charge in [0.25, 0.3) is 5.91 Å². The number of aromatic nitrogens is 1. The van der Waals surface area contributed by atoms with Gasteiger partial charge in [0, 0.05) is 30.2 Å². The van der Waals surface area contributed by atoms with Crippen LogP contribution in [-0.2, 0) is 0 Å². The van der Waals surface area contributed by atoms with E-state index in [9.17, 15) is 4.79 Å². The number of thiophene rings is 1. The molecule has 0 spiro atoms. The van der Waals surface area contributed by atoms with E-state index in [4.69, 9.17) is 0 Å². The number of hydrogen-bond donors (Lipinski definition) is 1. The van der Waals surface area contributed by atoms with E-state index in [1.807, 2.05) is 22.4 Å². The van der Waals surface area contributed by atoms with E-state index in [1.54, 1.807) is 0 Å². The van der Waals surface area contributed by atoms with Crippen LogP contribution in [0.5, 0.6) is 0 Å². The summed E-state index contributed by atoms with van der Waals surface area (Å²) in [7, 11) is 0. The van der Waals surface area contributed by atoms with Gasteiger partial charge >= 0.3 is 0 Å². The Kier molecular flexibility index (Phi) is 3.47. The van der Waals surface area contributed by atoms with Crippen molar-refractivity contribution in [2.45, 2.75) is 18.8 Å². The smallest absolute Gasteiger partial charge is 0.263 e. The number of benzene rings is 1. The molecule has 2 aromatic heterocycles. The minimum Gasteiger partial charge on any atom is -0.358 e. The second-order valence-corrected chi connectivity index (χ2v) is 6.83. The van der Waals surface area contributed by atoms with Gasteiger partial charge in [-0.2, -0.15) is 0 Å². The largest absolute Gasteiger partial charge is 0.358 e. The molecule has 1 unspecified atom stereocenters. The number of nitrogens with zero attached hydrogens (tertiary/aromatic N) is 1. The molecule has 0 aliphatic carbocycles. The molecule has 1 aliphatic rings. The monoisotopic (exact) mass is 310 g/mol. The number of carbonyl (C=O) groups is 1. The number of aromatic amines is 1. The quantitative estimate of drug-likeness (QED) is 0.754. The van der Waals surface area contributed by atoms with Gasteiger partial charge < -0.3 is 9.88 Å². The van der Waals surface area contributed by atoms with Crippen LogP contribution < -0.4 is 0 Å². The van der Waals surface area contributed by atoms with Crippen molar-refractivity contribution in [2.75, 3.05) is 13.1 Å². The Morgan fingerprint density at radius 1 is 1.23 bits per heavy atom. The molecule has 1 atom stereocenters. The third kappa shape index (κ3) is 2.44. The average molecular weight is 310 g/mol. The molecule has 0 radical (unpaired) electrons. The molecule has 4 heteroatoms. The summed E-state index contributed by atoms with van der Waals surface area (Å²) >= 11 is 1.53. The fourth-order valence-electron chi connectivity index (χ4n) is 3.29. The van der Waals surface area contributed by atoms with Gasteiger partial charge in [0.15, 0.2) is 0 Å². The van der Waals surface area contributed by atoms with Crippen molar-refractivity contribution >= 4 is 28.1 Å². The van der Waals surface area contributed by atoms with Gasteiger partial charge in [-0.15, -0.1) is 11.3 Å². The molecule has 1 fully saturated rings. The van der Waals surface area contributed by atoms with E-state index in [-0.39, 0.29) is 5.91 Å². The number of nitrogens with one attached hydrogen (secondary N) is 1. The summed E-state index contributed by atoms with van der Waals surface area (Å²) in [5.41, 5.74) is 2.43. The van der Waals surface area contributed by atoms with E-state index in [1.165, 1.54) is 27.9 Å². The van der Waals surface area contributed by atoms with Crippen LogP contribution in [0.1, 0.15) is 34.1 Å². The van der Waals surface area contributed by atoms with Crippen molar-refractivity contribution in [3.63, 3.8) is 0 Å². The van der Waals surface area contributed by atoms with E-state index in [2.05, 4.69) is 35.3 Å². The number of amides is 1. The Hall–Kier alpha value is -2.07. The first-order valence-electron chi connectivity index (χ1n) is 7.72. The lowest BCUT2D eigenvalue weighted by Crippen LogP contribution is -2.38. The summed E-state index contributed by atoms with van der Waals surface area (Å²) in [6.07, 6.45) is 2.21. The van der Waals surface area contributed by atoms with Crippen molar-refractivity contribution in [3.8, 4) is 0 Å². The van der Waals surface area contributed by atoms with Gasteiger partial charge in [0.05, 0.1) is 4.88 Å². The molecule has 1 amide bonds. The van der Waals surface area contributed by atoms with Crippen LogP contribution in [0.2, 0.25) is 0 Å². The second-order valence-electron chi connectivity index (χ2n) is 5.88. The van der Waals surface area contributed by atoms with Crippen LogP contribution in [0.25, 0.3) is 10.9 Å². The zero-order chi connectivity index (χ0) is 14.9. The Balaban J connectivity index is 1.56.